The van der Waals surface area contributed by atoms with Crippen LogP contribution in [0.25, 0.3) is 0 Å². The SMILES string of the molecule is COc1ccc(Cl)cc1C1(N)CC(C)CCC1C(C)C. The van der Waals surface area contributed by atoms with Gasteiger partial charge in [0.05, 0.1) is 7.11 Å². The van der Waals surface area contributed by atoms with E-state index in [1.54, 1.807) is 7.11 Å². The summed E-state index contributed by atoms with van der Waals surface area (Å²) in [6.45, 7) is 6.81. The van der Waals surface area contributed by atoms with Crippen molar-refractivity contribution < 1.29 is 4.74 Å². The predicted molar refractivity (Wildman–Crippen MR) is 85.2 cm³/mol. The number of hydrogen-bond donors (Lipinski definition) is 1. The van der Waals surface area contributed by atoms with Crippen molar-refractivity contribution in [3.05, 3.63) is 28.8 Å². The molecule has 2 N–H and O–H groups in total. The van der Waals surface area contributed by atoms with E-state index in [0.717, 1.165) is 22.8 Å². The van der Waals surface area contributed by atoms with Crippen LogP contribution < -0.4 is 10.5 Å². The van der Waals surface area contributed by atoms with Gasteiger partial charge in [0.1, 0.15) is 5.75 Å². The molecule has 1 aliphatic rings. The van der Waals surface area contributed by atoms with Crippen LogP contribution in [-0.4, -0.2) is 7.11 Å². The summed E-state index contributed by atoms with van der Waals surface area (Å²) >= 11 is 6.21. The van der Waals surface area contributed by atoms with Gasteiger partial charge in [-0.25, -0.2) is 0 Å². The standard InChI is InChI=1S/C17H26ClNO/c1-11(2)14-7-5-12(3)10-17(14,19)15-9-13(18)6-8-16(15)20-4/h6,8-9,11-12,14H,5,7,10,19H2,1-4H3. The van der Waals surface area contributed by atoms with Crippen LogP contribution in [-0.2, 0) is 5.54 Å². The summed E-state index contributed by atoms with van der Waals surface area (Å²) < 4.78 is 5.54. The Labute approximate surface area is 127 Å². The van der Waals surface area contributed by atoms with Crippen molar-refractivity contribution in [2.45, 2.75) is 45.6 Å². The third kappa shape index (κ3) is 2.82. The van der Waals surface area contributed by atoms with Crippen LogP contribution in [0.2, 0.25) is 5.02 Å². The van der Waals surface area contributed by atoms with Gasteiger partial charge in [0.25, 0.3) is 0 Å². The summed E-state index contributed by atoms with van der Waals surface area (Å²) in [5, 5.41) is 0.728. The largest absolute Gasteiger partial charge is 0.496 e. The molecule has 2 rings (SSSR count). The van der Waals surface area contributed by atoms with Gasteiger partial charge in [0.2, 0.25) is 0 Å². The molecule has 1 fully saturated rings. The van der Waals surface area contributed by atoms with Gasteiger partial charge in [0.15, 0.2) is 0 Å². The molecule has 0 heterocycles. The van der Waals surface area contributed by atoms with E-state index in [1.807, 2.05) is 18.2 Å². The van der Waals surface area contributed by atoms with Crippen molar-refractivity contribution in [3.8, 4) is 5.75 Å². The van der Waals surface area contributed by atoms with Crippen LogP contribution in [0.1, 0.15) is 45.6 Å². The fourth-order valence-electron chi connectivity index (χ4n) is 3.83. The zero-order valence-electron chi connectivity index (χ0n) is 12.9. The second kappa shape index (κ2) is 5.95. The summed E-state index contributed by atoms with van der Waals surface area (Å²) in [5.41, 5.74) is 7.64. The van der Waals surface area contributed by atoms with E-state index in [1.165, 1.54) is 12.8 Å². The van der Waals surface area contributed by atoms with Crippen molar-refractivity contribution in [2.75, 3.05) is 7.11 Å². The maximum atomic E-state index is 6.92. The predicted octanol–water partition coefficient (Wildman–Crippen LogP) is 4.59. The number of ether oxygens (including phenoxy) is 1. The highest BCUT2D eigenvalue weighted by atomic mass is 35.5. The second-order valence-electron chi connectivity index (χ2n) is 6.62. The third-order valence-corrected chi connectivity index (χ3v) is 5.02. The minimum atomic E-state index is -0.345. The Morgan fingerprint density at radius 2 is 2.05 bits per heavy atom. The average Bonchev–Trinajstić information content (AvgIpc) is 2.38. The molecule has 1 saturated carbocycles. The van der Waals surface area contributed by atoms with Gasteiger partial charge in [-0.3, -0.25) is 0 Å². The first-order chi connectivity index (χ1) is 9.38. The molecule has 1 aromatic carbocycles. The molecule has 0 spiro atoms. The lowest BCUT2D eigenvalue weighted by Gasteiger charge is -2.46. The highest BCUT2D eigenvalue weighted by molar-refractivity contribution is 6.30. The first-order valence-electron chi connectivity index (χ1n) is 7.51. The van der Waals surface area contributed by atoms with Crippen LogP contribution in [0, 0.1) is 17.8 Å². The van der Waals surface area contributed by atoms with Crippen LogP contribution in [0.5, 0.6) is 5.75 Å². The highest BCUT2D eigenvalue weighted by Gasteiger charge is 2.44. The number of hydrogen-bond acceptors (Lipinski definition) is 2. The smallest absolute Gasteiger partial charge is 0.124 e. The number of halogens is 1. The molecule has 2 nitrogen and oxygen atoms in total. The lowest BCUT2D eigenvalue weighted by molar-refractivity contribution is 0.106. The Balaban J connectivity index is 2.52. The van der Waals surface area contributed by atoms with Gasteiger partial charge in [-0.2, -0.15) is 0 Å². The molecule has 3 heteroatoms. The summed E-state index contributed by atoms with van der Waals surface area (Å²) in [6, 6.07) is 5.79. The Bertz CT molecular complexity index is 474. The van der Waals surface area contributed by atoms with Crippen LogP contribution >= 0.6 is 11.6 Å². The van der Waals surface area contributed by atoms with Gasteiger partial charge < -0.3 is 10.5 Å². The lowest BCUT2D eigenvalue weighted by Crippen LogP contribution is -2.50. The van der Waals surface area contributed by atoms with E-state index in [0.29, 0.717) is 17.8 Å². The second-order valence-corrected chi connectivity index (χ2v) is 7.06. The van der Waals surface area contributed by atoms with Crippen molar-refractivity contribution >= 4 is 11.6 Å². The Morgan fingerprint density at radius 3 is 2.65 bits per heavy atom. The zero-order chi connectivity index (χ0) is 14.9. The Morgan fingerprint density at radius 1 is 1.35 bits per heavy atom. The summed E-state index contributed by atoms with van der Waals surface area (Å²) in [6.07, 6.45) is 3.42. The number of methoxy groups -OCH3 is 1. The minimum absolute atomic E-state index is 0.345. The van der Waals surface area contributed by atoms with Gasteiger partial charge in [-0.1, -0.05) is 38.8 Å². The maximum Gasteiger partial charge on any atom is 0.124 e. The molecule has 0 radical (unpaired) electrons. The molecule has 20 heavy (non-hydrogen) atoms. The molecule has 1 aliphatic carbocycles. The fraction of sp³-hybridized carbons (Fsp3) is 0.647. The first-order valence-corrected chi connectivity index (χ1v) is 7.89. The topological polar surface area (TPSA) is 35.2 Å². The summed E-state index contributed by atoms with van der Waals surface area (Å²) in [4.78, 5) is 0. The molecule has 3 unspecified atom stereocenters. The van der Waals surface area contributed by atoms with Gasteiger partial charge in [-0.15, -0.1) is 0 Å². The van der Waals surface area contributed by atoms with Gasteiger partial charge in [0, 0.05) is 16.1 Å². The quantitative estimate of drug-likeness (QED) is 0.885. The molecule has 0 aliphatic heterocycles. The van der Waals surface area contributed by atoms with E-state index >= 15 is 0 Å². The van der Waals surface area contributed by atoms with E-state index in [-0.39, 0.29) is 5.54 Å². The minimum Gasteiger partial charge on any atom is -0.496 e. The molecule has 0 aromatic heterocycles. The van der Waals surface area contributed by atoms with Crippen LogP contribution in [0.4, 0.5) is 0 Å². The maximum absolute atomic E-state index is 6.92. The van der Waals surface area contributed by atoms with Gasteiger partial charge >= 0.3 is 0 Å². The molecular weight excluding hydrogens is 270 g/mol. The average molecular weight is 296 g/mol. The van der Waals surface area contributed by atoms with Gasteiger partial charge in [-0.05, 0) is 48.8 Å². The molecule has 0 bridgehead atoms. The van der Waals surface area contributed by atoms with Crippen LogP contribution in [0.15, 0.2) is 18.2 Å². The summed E-state index contributed by atoms with van der Waals surface area (Å²) in [7, 11) is 1.70. The molecule has 0 amide bonds. The molecular formula is C17H26ClNO. The van der Waals surface area contributed by atoms with E-state index in [4.69, 9.17) is 22.1 Å². The number of nitrogens with two attached hydrogens (primary N) is 1. The lowest BCUT2D eigenvalue weighted by atomic mass is 9.62. The third-order valence-electron chi connectivity index (χ3n) is 4.79. The molecule has 3 atom stereocenters. The normalized spacial score (nSPS) is 30.6. The van der Waals surface area contributed by atoms with E-state index in [9.17, 15) is 0 Å². The fourth-order valence-corrected chi connectivity index (χ4v) is 4.01. The van der Waals surface area contributed by atoms with Crippen molar-refractivity contribution in [1.29, 1.82) is 0 Å². The van der Waals surface area contributed by atoms with Crippen molar-refractivity contribution in [3.63, 3.8) is 0 Å². The number of rotatable bonds is 3. The molecule has 0 saturated heterocycles. The summed E-state index contributed by atoms with van der Waals surface area (Å²) in [5.74, 6) is 2.51. The molecule has 112 valence electrons. The molecule has 1 aromatic rings. The number of benzene rings is 1. The van der Waals surface area contributed by atoms with Crippen molar-refractivity contribution in [1.82, 2.24) is 0 Å². The zero-order valence-corrected chi connectivity index (χ0v) is 13.7. The van der Waals surface area contributed by atoms with Crippen molar-refractivity contribution in [2.24, 2.45) is 23.5 Å². The van der Waals surface area contributed by atoms with E-state index < -0.39 is 0 Å². The first kappa shape index (κ1) is 15.7. The van der Waals surface area contributed by atoms with E-state index in [2.05, 4.69) is 20.8 Å². The highest BCUT2D eigenvalue weighted by Crippen LogP contribution is 2.48. The monoisotopic (exact) mass is 295 g/mol. The Kier molecular flexibility index (Phi) is 4.66. The van der Waals surface area contributed by atoms with Crippen LogP contribution in [0.3, 0.4) is 0 Å². The Hall–Kier alpha value is -0.730.